The lowest BCUT2D eigenvalue weighted by Gasteiger charge is -2.48. The molecule has 1 aliphatic heterocycles. The molecule has 186 valence electrons. The molecule has 1 aromatic carbocycles. The zero-order valence-corrected chi connectivity index (χ0v) is 20.3. The topological polar surface area (TPSA) is 58.2 Å². The molecule has 0 amide bonds. The van der Waals surface area contributed by atoms with E-state index in [1.165, 1.54) is 39.2 Å². The Hall–Kier alpha value is -3.13. The summed E-state index contributed by atoms with van der Waals surface area (Å²) in [6.07, 6.45) is 11.3. The molecule has 5 nitrogen and oxygen atoms in total. The number of esters is 1. The molecule has 0 radical (unpaired) electrons. The molecular formula is C27H30F3N3O2. The summed E-state index contributed by atoms with van der Waals surface area (Å²) < 4.78 is 50.5. The number of rotatable bonds is 6. The van der Waals surface area contributed by atoms with Gasteiger partial charge in [0.05, 0.1) is 19.3 Å². The van der Waals surface area contributed by atoms with Crippen LogP contribution in [0.4, 0.5) is 13.2 Å². The fraction of sp³-hybridized carbons (Fsp3) is 0.407. The van der Waals surface area contributed by atoms with Gasteiger partial charge in [-0.2, -0.15) is 5.10 Å². The SMILES string of the molecule is COC(=O)/C=C/c1cc(F)c(C2C3=CC=C(c4cn[nH]c4)CC3CC(C)N2CC(C)(C)F)c(F)c1. The van der Waals surface area contributed by atoms with E-state index in [4.69, 9.17) is 0 Å². The Balaban J connectivity index is 1.80. The average molecular weight is 486 g/mol. The van der Waals surface area contributed by atoms with Crippen molar-refractivity contribution >= 4 is 17.6 Å². The maximum atomic E-state index is 15.5. The Bertz CT molecular complexity index is 1160. The minimum absolute atomic E-state index is 0.0318. The van der Waals surface area contributed by atoms with Gasteiger partial charge in [0.2, 0.25) is 0 Å². The first kappa shape index (κ1) is 25.0. The third-order valence-electron chi connectivity index (χ3n) is 6.67. The number of alkyl halides is 1. The van der Waals surface area contributed by atoms with Crippen LogP contribution in [0.5, 0.6) is 0 Å². The van der Waals surface area contributed by atoms with Crippen LogP contribution >= 0.6 is 0 Å². The number of carbonyl (C=O) groups is 1. The summed E-state index contributed by atoms with van der Waals surface area (Å²) in [5.41, 5.74) is 1.50. The Morgan fingerprint density at radius 2 is 2.00 bits per heavy atom. The second-order valence-corrected chi connectivity index (χ2v) is 9.88. The summed E-state index contributed by atoms with van der Waals surface area (Å²) in [5.74, 6) is -2.04. The van der Waals surface area contributed by atoms with Gasteiger partial charge in [0.1, 0.15) is 17.3 Å². The van der Waals surface area contributed by atoms with Crippen molar-refractivity contribution in [1.82, 2.24) is 15.1 Å². The van der Waals surface area contributed by atoms with Crippen molar-refractivity contribution in [2.24, 2.45) is 5.92 Å². The van der Waals surface area contributed by atoms with Crippen LogP contribution in [0.25, 0.3) is 11.6 Å². The number of likely N-dealkylation sites (tertiary alicyclic amines) is 1. The number of halogens is 3. The minimum atomic E-state index is -1.55. The van der Waals surface area contributed by atoms with Crippen LogP contribution in [0.3, 0.4) is 0 Å². The molecule has 35 heavy (non-hydrogen) atoms. The number of H-pyrrole nitrogens is 1. The number of aromatic amines is 1. The van der Waals surface area contributed by atoms with Gasteiger partial charge in [0.25, 0.3) is 0 Å². The van der Waals surface area contributed by atoms with Gasteiger partial charge in [0.15, 0.2) is 0 Å². The van der Waals surface area contributed by atoms with Gasteiger partial charge in [-0.3, -0.25) is 10.00 Å². The molecule has 3 atom stereocenters. The summed E-state index contributed by atoms with van der Waals surface area (Å²) in [6, 6.07) is 1.54. The largest absolute Gasteiger partial charge is 0.466 e. The van der Waals surface area contributed by atoms with E-state index in [9.17, 15) is 9.18 Å². The van der Waals surface area contributed by atoms with Crippen LogP contribution in [-0.4, -0.2) is 46.4 Å². The van der Waals surface area contributed by atoms with Crippen LogP contribution < -0.4 is 0 Å². The standard InChI is InChI=1S/C27H30F3N3O2/c1-16-9-19-12-18(20-13-31-32-14-20)6-7-21(19)26(33(16)15-27(2,3)30)25-22(28)10-17(11-23(25)29)5-8-24(34)35-4/h5-8,10-11,13-14,16,19,26H,9,12,15H2,1-4H3,(H,31,32)/b8-5+. The van der Waals surface area contributed by atoms with Gasteiger partial charge in [-0.15, -0.1) is 0 Å². The number of ether oxygens (including phenoxy) is 1. The van der Waals surface area contributed by atoms with Crippen molar-refractivity contribution in [3.63, 3.8) is 0 Å². The zero-order valence-electron chi connectivity index (χ0n) is 20.3. The second kappa shape index (κ2) is 9.85. The molecule has 0 saturated carbocycles. The smallest absolute Gasteiger partial charge is 0.330 e. The summed E-state index contributed by atoms with van der Waals surface area (Å²) in [7, 11) is 1.23. The molecular weight excluding hydrogens is 455 g/mol. The zero-order chi connectivity index (χ0) is 25.3. The van der Waals surface area contributed by atoms with Crippen molar-refractivity contribution < 1.29 is 22.7 Å². The van der Waals surface area contributed by atoms with E-state index in [0.29, 0.717) is 6.42 Å². The van der Waals surface area contributed by atoms with Crippen LogP contribution in [0.15, 0.2) is 48.3 Å². The number of hydrogen-bond donors (Lipinski definition) is 1. The number of fused-ring (bicyclic) bond motifs is 1. The molecule has 0 bridgehead atoms. The Morgan fingerprint density at radius 1 is 1.29 bits per heavy atom. The Kier molecular flexibility index (Phi) is 7.03. The third-order valence-corrected chi connectivity index (χ3v) is 6.67. The number of methoxy groups -OCH3 is 1. The molecule has 1 fully saturated rings. The quantitative estimate of drug-likeness (QED) is 0.416. The lowest BCUT2D eigenvalue weighted by Crippen LogP contribution is -2.49. The van der Waals surface area contributed by atoms with Crippen LogP contribution in [0.2, 0.25) is 0 Å². The van der Waals surface area contributed by atoms with Gasteiger partial charge in [-0.05, 0) is 74.4 Å². The van der Waals surface area contributed by atoms with E-state index in [0.717, 1.165) is 29.2 Å². The molecule has 1 aromatic heterocycles. The first-order valence-electron chi connectivity index (χ1n) is 11.7. The van der Waals surface area contributed by atoms with E-state index in [-0.39, 0.29) is 29.6 Å². The summed E-state index contributed by atoms with van der Waals surface area (Å²) >= 11 is 0. The molecule has 1 saturated heterocycles. The predicted molar refractivity (Wildman–Crippen MR) is 129 cm³/mol. The third kappa shape index (κ3) is 5.42. The fourth-order valence-corrected chi connectivity index (χ4v) is 5.16. The van der Waals surface area contributed by atoms with Gasteiger partial charge >= 0.3 is 5.97 Å². The molecule has 4 rings (SSSR count). The van der Waals surface area contributed by atoms with Gasteiger partial charge in [0, 0.05) is 36.0 Å². The number of nitrogens with one attached hydrogen (secondary N) is 1. The number of nitrogens with zero attached hydrogens (tertiary/aromatic N) is 2. The van der Waals surface area contributed by atoms with Crippen LogP contribution in [-0.2, 0) is 9.53 Å². The summed E-state index contributed by atoms with van der Waals surface area (Å²) in [5, 5.41) is 6.85. The number of hydrogen-bond acceptors (Lipinski definition) is 4. The molecule has 1 N–H and O–H groups in total. The average Bonchev–Trinajstić information content (AvgIpc) is 3.32. The van der Waals surface area contributed by atoms with Crippen molar-refractivity contribution in [2.75, 3.05) is 13.7 Å². The normalized spacial score (nSPS) is 23.1. The summed E-state index contributed by atoms with van der Waals surface area (Å²) in [4.78, 5) is 13.3. The molecule has 1 aliphatic carbocycles. The van der Waals surface area contributed by atoms with Crippen LogP contribution in [0, 0.1) is 17.6 Å². The van der Waals surface area contributed by atoms with Crippen molar-refractivity contribution in [3.05, 3.63) is 76.7 Å². The highest BCUT2D eigenvalue weighted by Crippen LogP contribution is 2.49. The van der Waals surface area contributed by atoms with E-state index in [1.807, 2.05) is 30.2 Å². The van der Waals surface area contributed by atoms with E-state index >= 15 is 8.78 Å². The molecule has 2 aliphatic rings. The number of benzene rings is 1. The highest BCUT2D eigenvalue weighted by Gasteiger charge is 2.43. The number of carbonyl (C=O) groups excluding carboxylic acids is 1. The number of aromatic nitrogens is 2. The summed E-state index contributed by atoms with van der Waals surface area (Å²) in [6.45, 7) is 4.96. The minimum Gasteiger partial charge on any atom is -0.466 e. The molecule has 0 spiro atoms. The van der Waals surface area contributed by atoms with Crippen molar-refractivity contribution in [1.29, 1.82) is 0 Å². The highest BCUT2D eigenvalue weighted by molar-refractivity contribution is 5.86. The van der Waals surface area contributed by atoms with E-state index < -0.39 is 29.3 Å². The van der Waals surface area contributed by atoms with Gasteiger partial charge in [-0.1, -0.05) is 12.2 Å². The second-order valence-electron chi connectivity index (χ2n) is 9.88. The van der Waals surface area contributed by atoms with Crippen molar-refractivity contribution in [2.45, 2.75) is 51.4 Å². The molecule has 2 heterocycles. The number of piperidine rings is 1. The van der Waals surface area contributed by atoms with E-state index in [2.05, 4.69) is 14.9 Å². The lowest BCUT2D eigenvalue weighted by atomic mass is 9.72. The Labute approximate surface area is 203 Å². The lowest BCUT2D eigenvalue weighted by molar-refractivity contribution is -0.134. The monoisotopic (exact) mass is 485 g/mol. The number of allylic oxidation sites excluding steroid dienone is 3. The first-order valence-corrected chi connectivity index (χ1v) is 11.7. The molecule has 2 aromatic rings. The van der Waals surface area contributed by atoms with Crippen molar-refractivity contribution in [3.8, 4) is 0 Å². The predicted octanol–water partition coefficient (Wildman–Crippen LogP) is 5.79. The van der Waals surface area contributed by atoms with E-state index in [1.54, 1.807) is 6.20 Å². The fourth-order valence-electron chi connectivity index (χ4n) is 5.16. The Morgan fingerprint density at radius 3 is 2.60 bits per heavy atom. The van der Waals surface area contributed by atoms with Gasteiger partial charge < -0.3 is 4.74 Å². The first-order chi connectivity index (χ1) is 16.6. The highest BCUT2D eigenvalue weighted by atomic mass is 19.1. The molecule has 8 heteroatoms. The van der Waals surface area contributed by atoms with Crippen LogP contribution in [0.1, 0.15) is 56.3 Å². The molecule has 3 unspecified atom stereocenters. The van der Waals surface area contributed by atoms with Gasteiger partial charge in [-0.25, -0.2) is 18.0 Å². The maximum Gasteiger partial charge on any atom is 0.330 e. The maximum absolute atomic E-state index is 15.5.